The molecule has 0 aromatic carbocycles. The number of hydrazine groups is 1. The molecule has 0 saturated carbocycles. The molecule has 0 aromatic rings. The highest BCUT2D eigenvalue weighted by Gasteiger charge is 2.29. The Kier molecular flexibility index (Phi) is 2.24. The molecule has 0 aliphatic carbocycles. The number of hydrogen-bond acceptors (Lipinski definition) is 3. The summed E-state index contributed by atoms with van der Waals surface area (Å²) < 4.78 is 5.13. The molecule has 1 heterocycles. The minimum atomic E-state index is -0.329. The second-order valence-electron chi connectivity index (χ2n) is 2.57. The Hall–Kier alpha value is -0.610. The van der Waals surface area contributed by atoms with E-state index in [4.69, 9.17) is 10.6 Å². The number of carbonyl (C=O) groups is 1. The minimum Gasteiger partial charge on any atom is -0.368 e. The van der Waals surface area contributed by atoms with E-state index in [0.29, 0.717) is 12.5 Å². The first-order chi connectivity index (χ1) is 4.75. The van der Waals surface area contributed by atoms with Crippen molar-refractivity contribution in [3.8, 4) is 0 Å². The van der Waals surface area contributed by atoms with Crippen molar-refractivity contribution in [2.24, 2.45) is 11.8 Å². The quantitative estimate of drug-likeness (QED) is 0.293. The summed E-state index contributed by atoms with van der Waals surface area (Å²) >= 11 is 0. The summed E-state index contributed by atoms with van der Waals surface area (Å²) in [5.41, 5.74) is 2.07. The Morgan fingerprint density at radius 1 is 1.80 bits per heavy atom. The van der Waals surface area contributed by atoms with Gasteiger partial charge in [0.05, 0.1) is 0 Å². The normalized spacial score (nSPS) is 32.2. The molecule has 1 fully saturated rings. The summed E-state index contributed by atoms with van der Waals surface area (Å²) in [6, 6.07) is 0. The molecule has 1 aliphatic rings. The van der Waals surface area contributed by atoms with Gasteiger partial charge >= 0.3 is 0 Å². The van der Waals surface area contributed by atoms with Crippen molar-refractivity contribution in [1.29, 1.82) is 0 Å². The molecule has 0 radical (unpaired) electrons. The maximum atomic E-state index is 10.9. The molecule has 4 nitrogen and oxygen atoms in total. The van der Waals surface area contributed by atoms with Crippen molar-refractivity contribution in [3.05, 3.63) is 0 Å². The van der Waals surface area contributed by atoms with Gasteiger partial charge < -0.3 is 4.74 Å². The largest absolute Gasteiger partial charge is 0.368 e. The van der Waals surface area contributed by atoms with Crippen LogP contribution in [-0.4, -0.2) is 18.6 Å². The van der Waals surface area contributed by atoms with Gasteiger partial charge in [0.2, 0.25) is 0 Å². The molecule has 0 unspecified atom stereocenters. The van der Waals surface area contributed by atoms with E-state index in [1.165, 1.54) is 0 Å². The number of amides is 1. The monoisotopic (exact) mass is 144 g/mol. The summed E-state index contributed by atoms with van der Waals surface area (Å²) in [6.07, 6.45) is 0.614. The second kappa shape index (κ2) is 2.98. The zero-order valence-electron chi connectivity index (χ0n) is 5.96. The highest BCUT2D eigenvalue weighted by atomic mass is 16.5. The van der Waals surface area contributed by atoms with E-state index < -0.39 is 0 Å². The smallest absolute Gasteiger partial charge is 0.263 e. The Bertz CT molecular complexity index is 138. The van der Waals surface area contributed by atoms with E-state index in [1.54, 1.807) is 0 Å². The molecule has 4 heteroatoms. The van der Waals surface area contributed by atoms with Crippen LogP contribution in [0.4, 0.5) is 0 Å². The highest BCUT2D eigenvalue weighted by Crippen LogP contribution is 2.19. The van der Waals surface area contributed by atoms with Gasteiger partial charge in [-0.1, -0.05) is 6.92 Å². The van der Waals surface area contributed by atoms with E-state index in [-0.39, 0.29) is 12.0 Å². The maximum absolute atomic E-state index is 10.9. The average Bonchev–Trinajstić information content (AvgIpc) is 2.34. The zero-order valence-corrected chi connectivity index (χ0v) is 5.96. The summed E-state index contributed by atoms with van der Waals surface area (Å²) in [4.78, 5) is 10.9. The van der Waals surface area contributed by atoms with Gasteiger partial charge in [-0.3, -0.25) is 10.2 Å². The number of hydrogen-bond donors (Lipinski definition) is 2. The third kappa shape index (κ3) is 1.27. The van der Waals surface area contributed by atoms with Crippen molar-refractivity contribution < 1.29 is 9.53 Å². The van der Waals surface area contributed by atoms with Crippen molar-refractivity contribution >= 4 is 5.91 Å². The fourth-order valence-corrected chi connectivity index (χ4v) is 1.11. The van der Waals surface area contributed by atoms with Crippen molar-refractivity contribution in [3.63, 3.8) is 0 Å². The third-order valence-electron chi connectivity index (χ3n) is 1.79. The molecule has 58 valence electrons. The molecular weight excluding hydrogens is 132 g/mol. The van der Waals surface area contributed by atoms with Crippen LogP contribution in [0, 0.1) is 5.92 Å². The molecule has 1 amide bonds. The van der Waals surface area contributed by atoms with Crippen molar-refractivity contribution in [2.75, 3.05) is 6.61 Å². The van der Waals surface area contributed by atoms with Crippen molar-refractivity contribution in [1.82, 2.24) is 5.43 Å². The molecule has 2 atom stereocenters. The lowest BCUT2D eigenvalue weighted by atomic mass is 10.0. The van der Waals surface area contributed by atoms with Crippen LogP contribution in [0.5, 0.6) is 0 Å². The fraction of sp³-hybridized carbons (Fsp3) is 0.833. The predicted octanol–water partition coefficient (Wildman–Crippen LogP) is -0.599. The van der Waals surface area contributed by atoms with Crippen molar-refractivity contribution in [2.45, 2.75) is 19.4 Å². The number of rotatable bonds is 1. The number of ether oxygens (including phenoxy) is 1. The molecule has 0 bridgehead atoms. The fourth-order valence-electron chi connectivity index (χ4n) is 1.11. The molecule has 0 spiro atoms. The number of carbonyl (C=O) groups excluding carboxylic acids is 1. The predicted molar refractivity (Wildman–Crippen MR) is 35.9 cm³/mol. The average molecular weight is 144 g/mol. The minimum absolute atomic E-state index is 0.218. The first-order valence-corrected chi connectivity index (χ1v) is 3.37. The lowest BCUT2D eigenvalue weighted by Gasteiger charge is -2.11. The van der Waals surface area contributed by atoms with Gasteiger partial charge in [0.15, 0.2) is 0 Å². The SMILES string of the molecule is C[C@@H]1CCO[C@H]1C(=O)NN. The first kappa shape index (κ1) is 7.50. The van der Waals surface area contributed by atoms with Crippen LogP contribution in [0.3, 0.4) is 0 Å². The van der Waals surface area contributed by atoms with Crippen LogP contribution < -0.4 is 11.3 Å². The highest BCUT2D eigenvalue weighted by molar-refractivity contribution is 5.80. The Morgan fingerprint density at radius 3 is 2.90 bits per heavy atom. The van der Waals surface area contributed by atoms with Crippen LogP contribution in [0.25, 0.3) is 0 Å². The Morgan fingerprint density at radius 2 is 2.50 bits per heavy atom. The van der Waals surface area contributed by atoms with Gasteiger partial charge in [-0.05, 0) is 12.3 Å². The lowest BCUT2D eigenvalue weighted by molar-refractivity contribution is -0.131. The Balaban J connectivity index is 2.46. The summed E-state index contributed by atoms with van der Waals surface area (Å²) in [7, 11) is 0. The molecule has 1 rings (SSSR count). The summed E-state index contributed by atoms with van der Waals surface area (Å²) in [6.45, 7) is 2.64. The molecule has 3 N–H and O–H groups in total. The molecule has 0 aromatic heterocycles. The summed E-state index contributed by atoms with van der Waals surface area (Å²) in [5.74, 6) is 5.01. The maximum Gasteiger partial charge on any atom is 0.263 e. The molecular formula is C6H12N2O2. The zero-order chi connectivity index (χ0) is 7.56. The van der Waals surface area contributed by atoms with Crippen LogP contribution in [-0.2, 0) is 9.53 Å². The van der Waals surface area contributed by atoms with E-state index in [0.717, 1.165) is 6.42 Å². The van der Waals surface area contributed by atoms with Gasteiger partial charge in [-0.25, -0.2) is 5.84 Å². The standard InChI is InChI=1S/C6H12N2O2/c1-4-2-3-10-5(4)6(9)8-7/h4-5H,2-3,7H2,1H3,(H,8,9)/t4-,5-/m1/s1. The number of nitrogens with one attached hydrogen (secondary N) is 1. The van der Waals surface area contributed by atoms with Crippen LogP contribution in [0.15, 0.2) is 0 Å². The third-order valence-corrected chi connectivity index (χ3v) is 1.79. The van der Waals surface area contributed by atoms with Crippen LogP contribution in [0.1, 0.15) is 13.3 Å². The second-order valence-corrected chi connectivity index (χ2v) is 2.57. The molecule has 10 heavy (non-hydrogen) atoms. The lowest BCUT2D eigenvalue weighted by Crippen LogP contribution is -2.41. The van der Waals surface area contributed by atoms with E-state index in [1.807, 2.05) is 6.92 Å². The van der Waals surface area contributed by atoms with Crippen LogP contribution >= 0.6 is 0 Å². The van der Waals surface area contributed by atoms with Gasteiger partial charge in [-0.15, -0.1) is 0 Å². The number of nitrogens with two attached hydrogens (primary N) is 1. The van der Waals surface area contributed by atoms with E-state index in [2.05, 4.69) is 5.43 Å². The van der Waals surface area contributed by atoms with Crippen LogP contribution in [0.2, 0.25) is 0 Å². The van der Waals surface area contributed by atoms with Gasteiger partial charge in [0.1, 0.15) is 6.10 Å². The Labute approximate surface area is 59.7 Å². The van der Waals surface area contributed by atoms with E-state index in [9.17, 15) is 4.79 Å². The topological polar surface area (TPSA) is 64.3 Å². The summed E-state index contributed by atoms with van der Waals surface area (Å²) in [5, 5.41) is 0. The molecule has 1 aliphatic heterocycles. The van der Waals surface area contributed by atoms with Gasteiger partial charge in [0, 0.05) is 6.61 Å². The first-order valence-electron chi connectivity index (χ1n) is 3.37. The van der Waals surface area contributed by atoms with Gasteiger partial charge in [-0.2, -0.15) is 0 Å². The van der Waals surface area contributed by atoms with E-state index >= 15 is 0 Å². The molecule has 1 saturated heterocycles. The van der Waals surface area contributed by atoms with Gasteiger partial charge in [0.25, 0.3) is 5.91 Å².